The van der Waals surface area contributed by atoms with E-state index in [0.717, 1.165) is 6.42 Å². The summed E-state index contributed by atoms with van der Waals surface area (Å²) < 4.78 is 0. The van der Waals surface area contributed by atoms with E-state index in [0.29, 0.717) is 12.3 Å². The second-order valence-corrected chi connectivity index (χ2v) is 5.51. The Morgan fingerprint density at radius 3 is 2.29 bits per heavy atom. The Balaban J connectivity index is 2.43. The molecular weight excluding hydrogens is 218 g/mol. The van der Waals surface area contributed by atoms with E-state index in [4.69, 9.17) is 5.11 Å². The van der Waals surface area contributed by atoms with Crippen molar-refractivity contribution in [3.63, 3.8) is 0 Å². The van der Waals surface area contributed by atoms with Gasteiger partial charge in [0.1, 0.15) is 5.54 Å². The molecule has 0 aliphatic heterocycles. The first kappa shape index (κ1) is 14.0. The van der Waals surface area contributed by atoms with E-state index in [2.05, 4.69) is 0 Å². The van der Waals surface area contributed by atoms with Crippen LogP contribution in [0.1, 0.15) is 52.4 Å². The highest BCUT2D eigenvalue weighted by Gasteiger charge is 2.35. The molecule has 17 heavy (non-hydrogen) atoms. The van der Waals surface area contributed by atoms with Gasteiger partial charge in [0.15, 0.2) is 0 Å². The SMILES string of the molecule is CN(C(=O)CCC1CCCC1)C(C)(C)C(=O)O. The van der Waals surface area contributed by atoms with Crippen LogP contribution in [0.5, 0.6) is 0 Å². The van der Waals surface area contributed by atoms with E-state index >= 15 is 0 Å². The summed E-state index contributed by atoms with van der Waals surface area (Å²) in [6, 6.07) is 0. The molecule has 0 spiro atoms. The van der Waals surface area contributed by atoms with Crippen LogP contribution in [-0.2, 0) is 9.59 Å². The number of hydrogen-bond acceptors (Lipinski definition) is 2. The minimum absolute atomic E-state index is 0.0655. The molecule has 98 valence electrons. The number of carboxylic acid groups (broad SMARTS) is 1. The van der Waals surface area contributed by atoms with E-state index in [9.17, 15) is 9.59 Å². The fourth-order valence-corrected chi connectivity index (χ4v) is 2.25. The number of nitrogens with zero attached hydrogens (tertiary/aromatic N) is 1. The Bertz CT molecular complexity index is 293. The van der Waals surface area contributed by atoms with Gasteiger partial charge in [0.2, 0.25) is 5.91 Å². The topological polar surface area (TPSA) is 57.6 Å². The van der Waals surface area contributed by atoms with E-state index in [1.807, 2.05) is 0 Å². The lowest BCUT2D eigenvalue weighted by molar-refractivity contribution is -0.155. The van der Waals surface area contributed by atoms with Crippen molar-refractivity contribution in [1.82, 2.24) is 4.90 Å². The average molecular weight is 241 g/mol. The van der Waals surface area contributed by atoms with Crippen molar-refractivity contribution in [3.8, 4) is 0 Å². The quantitative estimate of drug-likeness (QED) is 0.803. The van der Waals surface area contributed by atoms with Gasteiger partial charge in [-0.15, -0.1) is 0 Å². The molecular formula is C13H23NO3. The van der Waals surface area contributed by atoms with Crippen LogP contribution in [0.15, 0.2) is 0 Å². The van der Waals surface area contributed by atoms with Crippen LogP contribution in [-0.4, -0.2) is 34.5 Å². The molecule has 1 aliphatic carbocycles. The molecule has 0 heterocycles. The second kappa shape index (κ2) is 5.52. The van der Waals surface area contributed by atoms with Crippen LogP contribution >= 0.6 is 0 Å². The largest absolute Gasteiger partial charge is 0.480 e. The van der Waals surface area contributed by atoms with Gasteiger partial charge in [-0.3, -0.25) is 4.79 Å². The summed E-state index contributed by atoms with van der Waals surface area (Å²) in [6.07, 6.45) is 6.36. The van der Waals surface area contributed by atoms with E-state index in [-0.39, 0.29) is 5.91 Å². The summed E-state index contributed by atoms with van der Waals surface area (Å²) in [5.74, 6) is -0.362. The Labute approximate surface area is 103 Å². The first-order valence-electron chi connectivity index (χ1n) is 6.35. The lowest BCUT2D eigenvalue weighted by Crippen LogP contribution is -2.50. The van der Waals surface area contributed by atoms with Crippen molar-refractivity contribution >= 4 is 11.9 Å². The number of rotatable bonds is 5. The molecule has 1 rings (SSSR count). The van der Waals surface area contributed by atoms with Crippen molar-refractivity contribution in [2.75, 3.05) is 7.05 Å². The molecule has 0 aromatic heterocycles. The predicted molar refractivity (Wildman–Crippen MR) is 65.7 cm³/mol. The lowest BCUT2D eigenvalue weighted by Gasteiger charge is -2.31. The molecule has 0 bridgehead atoms. The highest BCUT2D eigenvalue weighted by molar-refractivity contribution is 5.86. The number of hydrogen-bond donors (Lipinski definition) is 1. The van der Waals surface area contributed by atoms with Crippen LogP contribution < -0.4 is 0 Å². The zero-order chi connectivity index (χ0) is 13.1. The van der Waals surface area contributed by atoms with Gasteiger partial charge in [-0.05, 0) is 26.2 Å². The number of likely N-dealkylation sites (N-methyl/N-ethyl adjacent to an activating group) is 1. The molecule has 1 aliphatic rings. The Kier molecular flexibility index (Phi) is 4.54. The summed E-state index contributed by atoms with van der Waals surface area (Å²) >= 11 is 0. The second-order valence-electron chi connectivity index (χ2n) is 5.51. The molecule has 4 nitrogen and oxygen atoms in total. The van der Waals surface area contributed by atoms with E-state index in [1.165, 1.54) is 30.6 Å². The van der Waals surface area contributed by atoms with Crippen molar-refractivity contribution in [3.05, 3.63) is 0 Å². The van der Waals surface area contributed by atoms with Gasteiger partial charge in [0.25, 0.3) is 0 Å². The summed E-state index contributed by atoms with van der Waals surface area (Å²) in [6.45, 7) is 3.12. The lowest BCUT2D eigenvalue weighted by atomic mass is 9.99. The minimum Gasteiger partial charge on any atom is -0.480 e. The normalized spacial score (nSPS) is 17.1. The van der Waals surface area contributed by atoms with Crippen molar-refractivity contribution in [1.29, 1.82) is 0 Å². The van der Waals surface area contributed by atoms with Gasteiger partial charge < -0.3 is 10.0 Å². The van der Waals surface area contributed by atoms with Gasteiger partial charge in [0.05, 0.1) is 0 Å². The molecule has 0 aromatic rings. The molecule has 1 saturated carbocycles. The summed E-state index contributed by atoms with van der Waals surface area (Å²) in [5.41, 5.74) is -1.12. The first-order chi connectivity index (χ1) is 7.85. The van der Waals surface area contributed by atoms with Crippen LogP contribution in [0, 0.1) is 5.92 Å². The van der Waals surface area contributed by atoms with Gasteiger partial charge in [-0.2, -0.15) is 0 Å². The molecule has 0 aromatic carbocycles. The number of carbonyl (C=O) groups is 2. The predicted octanol–water partition coefficient (Wildman–Crippen LogP) is 2.28. The highest BCUT2D eigenvalue weighted by atomic mass is 16.4. The average Bonchev–Trinajstić information content (AvgIpc) is 2.77. The Morgan fingerprint density at radius 1 is 1.29 bits per heavy atom. The summed E-state index contributed by atoms with van der Waals surface area (Å²) in [5, 5.41) is 9.05. The van der Waals surface area contributed by atoms with Crippen molar-refractivity contribution in [2.45, 2.75) is 57.9 Å². The van der Waals surface area contributed by atoms with Gasteiger partial charge in [-0.25, -0.2) is 4.79 Å². The monoisotopic (exact) mass is 241 g/mol. The van der Waals surface area contributed by atoms with Gasteiger partial charge in [-0.1, -0.05) is 25.7 Å². The maximum absolute atomic E-state index is 11.9. The molecule has 0 atom stereocenters. The minimum atomic E-state index is -1.12. The fraction of sp³-hybridized carbons (Fsp3) is 0.846. The maximum atomic E-state index is 11.9. The van der Waals surface area contributed by atoms with Crippen LogP contribution in [0.25, 0.3) is 0 Å². The molecule has 1 fully saturated rings. The highest BCUT2D eigenvalue weighted by Crippen LogP contribution is 2.29. The molecule has 1 amide bonds. The van der Waals surface area contributed by atoms with E-state index < -0.39 is 11.5 Å². The van der Waals surface area contributed by atoms with Crippen LogP contribution in [0.4, 0.5) is 0 Å². The number of aliphatic carboxylic acids is 1. The summed E-state index contributed by atoms with van der Waals surface area (Å²) in [4.78, 5) is 24.3. The third-order valence-corrected chi connectivity index (χ3v) is 3.98. The zero-order valence-electron chi connectivity index (χ0n) is 11.0. The zero-order valence-corrected chi connectivity index (χ0v) is 11.0. The Hall–Kier alpha value is -1.06. The Morgan fingerprint density at radius 2 is 1.82 bits per heavy atom. The number of carboxylic acids is 1. The summed E-state index contributed by atoms with van der Waals surface area (Å²) in [7, 11) is 1.57. The van der Waals surface area contributed by atoms with Crippen molar-refractivity contribution in [2.24, 2.45) is 5.92 Å². The van der Waals surface area contributed by atoms with Crippen molar-refractivity contribution < 1.29 is 14.7 Å². The molecule has 0 saturated heterocycles. The maximum Gasteiger partial charge on any atom is 0.329 e. The molecule has 0 radical (unpaired) electrons. The fourth-order valence-electron chi connectivity index (χ4n) is 2.25. The number of amides is 1. The number of carbonyl (C=O) groups excluding carboxylic acids is 1. The van der Waals surface area contributed by atoms with Gasteiger partial charge >= 0.3 is 5.97 Å². The smallest absolute Gasteiger partial charge is 0.329 e. The standard InChI is InChI=1S/C13H23NO3/c1-13(2,12(16)17)14(3)11(15)9-8-10-6-4-5-7-10/h10H,4-9H2,1-3H3,(H,16,17). The third kappa shape index (κ3) is 3.45. The van der Waals surface area contributed by atoms with Crippen LogP contribution in [0.3, 0.4) is 0 Å². The molecule has 0 unspecified atom stereocenters. The third-order valence-electron chi connectivity index (χ3n) is 3.98. The molecule has 1 N–H and O–H groups in total. The van der Waals surface area contributed by atoms with Crippen LogP contribution in [0.2, 0.25) is 0 Å². The van der Waals surface area contributed by atoms with Gasteiger partial charge in [0, 0.05) is 13.5 Å². The molecule has 4 heteroatoms. The van der Waals surface area contributed by atoms with E-state index in [1.54, 1.807) is 20.9 Å². The first-order valence-corrected chi connectivity index (χ1v) is 6.35.